The Kier molecular flexibility index (Phi) is 6.33. The first-order valence-electron chi connectivity index (χ1n) is 8.45. The molecule has 7 heteroatoms. The number of carbonyl (C=O) groups excluding carboxylic acids is 1. The van der Waals surface area contributed by atoms with Crippen LogP contribution in [0.5, 0.6) is 0 Å². The second-order valence-corrected chi connectivity index (χ2v) is 6.35. The number of halogens is 2. The molecule has 0 fully saturated rings. The SMILES string of the molecule is O=C(NCCc1ccc(Cl)cc1)c1ccc(NCc2ccc(F)cc2)nn1. The summed E-state index contributed by atoms with van der Waals surface area (Å²) in [6.45, 7) is 0.980. The lowest BCUT2D eigenvalue weighted by molar-refractivity contribution is 0.0948. The Morgan fingerprint density at radius 1 is 0.926 bits per heavy atom. The summed E-state index contributed by atoms with van der Waals surface area (Å²) in [6.07, 6.45) is 0.702. The molecule has 0 aliphatic heterocycles. The fraction of sp³-hybridized carbons (Fsp3) is 0.150. The Labute approximate surface area is 161 Å². The van der Waals surface area contributed by atoms with Crippen molar-refractivity contribution in [2.24, 2.45) is 0 Å². The number of aromatic nitrogens is 2. The molecule has 0 atom stereocenters. The molecular weight excluding hydrogens is 367 g/mol. The molecule has 2 N–H and O–H groups in total. The highest BCUT2D eigenvalue weighted by Gasteiger charge is 2.08. The highest BCUT2D eigenvalue weighted by molar-refractivity contribution is 6.30. The van der Waals surface area contributed by atoms with Gasteiger partial charge in [-0.3, -0.25) is 4.79 Å². The van der Waals surface area contributed by atoms with Crippen molar-refractivity contribution in [2.45, 2.75) is 13.0 Å². The van der Waals surface area contributed by atoms with Crippen molar-refractivity contribution in [3.8, 4) is 0 Å². The quantitative estimate of drug-likeness (QED) is 0.649. The summed E-state index contributed by atoms with van der Waals surface area (Å²) in [7, 11) is 0. The zero-order valence-corrected chi connectivity index (χ0v) is 15.2. The molecule has 1 amide bonds. The maximum atomic E-state index is 12.9. The van der Waals surface area contributed by atoms with Gasteiger partial charge in [0.15, 0.2) is 5.69 Å². The highest BCUT2D eigenvalue weighted by atomic mass is 35.5. The van der Waals surface area contributed by atoms with Gasteiger partial charge in [0.05, 0.1) is 0 Å². The number of rotatable bonds is 7. The fourth-order valence-corrected chi connectivity index (χ4v) is 2.53. The summed E-state index contributed by atoms with van der Waals surface area (Å²) < 4.78 is 12.9. The van der Waals surface area contributed by atoms with Gasteiger partial charge in [0.25, 0.3) is 5.91 Å². The topological polar surface area (TPSA) is 66.9 Å². The van der Waals surface area contributed by atoms with E-state index < -0.39 is 0 Å². The van der Waals surface area contributed by atoms with Crippen LogP contribution in [0.1, 0.15) is 21.6 Å². The zero-order valence-electron chi connectivity index (χ0n) is 14.5. The Morgan fingerprint density at radius 3 is 2.30 bits per heavy atom. The minimum absolute atomic E-state index is 0.249. The van der Waals surface area contributed by atoms with Crippen LogP contribution in [-0.2, 0) is 13.0 Å². The van der Waals surface area contributed by atoms with Gasteiger partial charge in [-0.1, -0.05) is 35.9 Å². The van der Waals surface area contributed by atoms with Crippen LogP contribution >= 0.6 is 11.6 Å². The van der Waals surface area contributed by atoms with Crippen LogP contribution < -0.4 is 10.6 Å². The summed E-state index contributed by atoms with van der Waals surface area (Å²) >= 11 is 5.85. The Hall–Kier alpha value is -2.99. The van der Waals surface area contributed by atoms with Crippen LogP contribution in [0.2, 0.25) is 5.02 Å². The van der Waals surface area contributed by atoms with Crippen LogP contribution in [-0.4, -0.2) is 22.6 Å². The lowest BCUT2D eigenvalue weighted by Crippen LogP contribution is -2.26. The molecule has 0 aliphatic carbocycles. The molecule has 0 radical (unpaired) electrons. The maximum absolute atomic E-state index is 12.9. The van der Waals surface area contributed by atoms with Crippen molar-refractivity contribution in [2.75, 3.05) is 11.9 Å². The van der Waals surface area contributed by atoms with E-state index in [0.29, 0.717) is 30.4 Å². The van der Waals surface area contributed by atoms with Crippen LogP contribution in [0.3, 0.4) is 0 Å². The molecule has 0 unspecified atom stereocenters. The standard InChI is InChI=1S/C20H18ClFN4O/c21-16-5-1-14(2-6-16)11-12-23-20(27)18-9-10-19(26-25-18)24-13-15-3-7-17(22)8-4-15/h1-10H,11-13H2,(H,23,27)(H,24,26). The molecule has 0 saturated heterocycles. The van der Waals surface area contributed by atoms with Gasteiger partial charge < -0.3 is 10.6 Å². The van der Waals surface area contributed by atoms with Crippen LogP contribution in [0.15, 0.2) is 60.7 Å². The molecule has 1 aromatic heterocycles. The summed E-state index contributed by atoms with van der Waals surface area (Å²) in [6, 6.07) is 17.0. The lowest BCUT2D eigenvalue weighted by atomic mass is 10.1. The maximum Gasteiger partial charge on any atom is 0.271 e. The van der Waals surface area contributed by atoms with Gasteiger partial charge in [0.1, 0.15) is 11.6 Å². The van der Waals surface area contributed by atoms with E-state index in [4.69, 9.17) is 11.6 Å². The number of hydrogen-bond donors (Lipinski definition) is 2. The molecule has 1 heterocycles. The van der Waals surface area contributed by atoms with Gasteiger partial charge in [-0.05, 0) is 53.9 Å². The zero-order chi connectivity index (χ0) is 19.1. The molecule has 2 aromatic carbocycles. The predicted molar refractivity (Wildman–Crippen MR) is 103 cm³/mol. The molecule has 5 nitrogen and oxygen atoms in total. The van der Waals surface area contributed by atoms with E-state index in [-0.39, 0.29) is 17.4 Å². The van der Waals surface area contributed by atoms with Crippen molar-refractivity contribution in [1.82, 2.24) is 15.5 Å². The Morgan fingerprint density at radius 2 is 1.63 bits per heavy atom. The third kappa shape index (κ3) is 5.76. The fourth-order valence-electron chi connectivity index (χ4n) is 2.40. The number of hydrogen-bond acceptors (Lipinski definition) is 4. The minimum atomic E-state index is -0.276. The van der Waals surface area contributed by atoms with Crippen molar-refractivity contribution >= 4 is 23.3 Å². The second kappa shape index (κ2) is 9.09. The van der Waals surface area contributed by atoms with Crippen molar-refractivity contribution in [3.63, 3.8) is 0 Å². The highest BCUT2D eigenvalue weighted by Crippen LogP contribution is 2.10. The van der Waals surface area contributed by atoms with E-state index in [2.05, 4.69) is 20.8 Å². The Bertz CT molecular complexity index is 883. The van der Waals surface area contributed by atoms with Crippen molar-refractivity contribution in [3.05, 3.63) is 88.3 Å². The average molecular weight is 385 g/mol. The number of anilines is 1. The molecule has 27 heavy (non-hydrogen) atoms. The molecule has 0 spiro atoms. The summed E-state index contributed by atoms with van der Waals surface area (Å²) in [5.41, 5.74) is 2.26. The molecule has 3 rings (SSSR count). The second-order valence-electron chi connectivity index (χ2n) is 5.92. The van der Waals surface area contributed by atoms with Crippen LogP contribution in [0, 0.1) is 5.82 Å². The van der Waals surface area contributed by atoms with E-state index in [0.717, 1.165) is 11.1 Å². The lowest BCUT2D eigenvalue weighted by Gasteiger charge is -2.07. The summed E-state index contributed by atoms with van der Waals surface area (Å²) in [5, 5.41) is 14.5. The molecule has 0 aliphatic rings. The largest absolute Gasteiger partial charge is 0.365 e. The van der Waals surface area contributed by atoms with Crippen molar-refractivity contribution in [1.29, 1.82) is 0 Å². The molecule has 0 saturated carbocycles. The van der Waals surface area contributed by atoms with Gasteiger partial charge in [-0.15, -0.1) is 10.2 Å². The van der Waals surface area contributed by atoms with E-state index in [1.807, 2.05) is 24.3 Å². The van der Waals surface area contributed by atoms with E-state index in [1.165, 1.54) is 12.1 Å². The summed E-state index contributed by atoms with van der Waals surface area (Å²) in [5.74, 6) is -0.0106. The third-order valence-corrected chi connectivity index (χ3v) is 4.15. The summed E-state index contributed by atoms with van der Waals surface area (Å²) in [4.78, 5) is 12.1. The molecule has 138 valence electrons. The molecular formula is C20H18ClFN4O. The van der Waals surface area contributed by atoms with Gasteiger partial charge >= 0.3 is 0 Å². The van der Waals surface area contributed by atoms with Crippen LogP contribution in [0.4, 0.5) is 10.2 Å². The predicted octanol–water partition coefficient (Wildman–Crippen LogP) is 3.85. The third-order valence-electron chi connectivity index (χ3n) is 3.90. The van der Waals surface area contributed by atoms with Crippen LogP contribution in [0.25, 0.3) is 0 Å². The van der Waals surface area contributed by atoms with E-state index in [1.54, 1.807) is 24.3 Å². The van der Waals surface area contributed by atoms with Crippen molar-refractivity contribution < 1.29 is 9.18 Å². The van der Waals surface area contributed by atoms with Gasteiger partial charge in [-0.2, -0.15) is 0 Å². The minimum Gasteiger partial charge on any atom is -0.365 e. The van der Waals surface area contributed by atoms with Gasteiger partial charge in [0, 0.05) is 18.1 Å². The van der Waals surface area contributed by atoms with Gasteiger partial charge in [0.2, 0.25) is 0 Å². The number of benzene rings is 2. The monoisotopic (exact) mass is 384 g/mol. The smallest absolute Gasteiger partial charge is 0.271 e. The first kappa shape index (κ1) is 18.8. The first-order valence-corrected chi connectivity index (χ1v) is 8.82. The average Bonchev–Trinajstić information content (AvgIpc) is 2.69. The number of nitrogens with zero attached hydrogens (tertiary/aromatic N) is 2. The van der Waals surface area contributed by atoms with E-state index in [9.17, 15) is 9.18 Å². The first-order chi connectivity index (χ1) is 13.1. The van der Waals surface area contributed by atoms with E-state index >= 15 is 0 Å². The van der Waals surface area contributed by atoms with Gasteiger partial charge in [-0.25, -0.2) is 4.39 Å². The normalized spacial score (nSPS) is 10.4. The molecule has 0 bridgehead atoms. The number of carbonyl (C=O) groups is 1. The number of nitrogens with one attached hydrogen (secondary N) is 2. The number of amides is 1. The molecule has 3 aromatic rings. The Balaban J connectivity index is 1.46.